The standard InChI is InChI=1S/C26H18FN9O/c1-34-9-7-29-25(34)26-32-19-14-30-23(17-13-31-35-8-5-15(12-28)11-21(17)35)33-24(19)36(26)20-6-10-37-22-16(20)3-2-4-18(22)27/h2-5,7-9,11,13-14,20H,6,10H2,1H3. The van der Waals surface area contributed by atoms with Crippen molar-refractivity contribution in [1.82, 2.24) is 38.7 Å². The van der Waals surface area contributed by atoms with E-state index in [4.69, 9.17) is 14.7 Å². The maximum Gasteiger partial charge on any atom is 0.179 e. The Hall–Kier alpha value is -5.11. The van der Waals surface area contributed by atoms with Gasteiger partial charge >= 0.3 is 0 Å². The molecule has 10 nitrogen and oxygen atoms in total. The van der Waals surface area contributed by atoms with Crippen LogP contribution in [0.1, 0.15) is 23.6 Å². The summed E-state index contributed by atoms with van der Waals surface area (Å²) in [6, 6.07) is 10.3. The number of ether oxygens (including phenoxy) is 1. The van der Waals surface area contributed by atoms with Gasteiger partial charge in [0, 0.05) is 37.6 Å². The third-order valence-electron chi connectivity index (χ3n) is 6.65. The van der Waals surface area contributed by atoms with Crippen molar-refractivity contribution < 1.29 is 9.13 Å². The Balaban J connectivity index is 1.49. The minimum absolute atomic E-state index is 0.243. The van der Waals surface area contributed by atoms with Gasteiger partial charge in [0.15, 0.2) is 34.7 Å². The fourth-order valence-electron chi connectivity index (χ4n) is 4.91. The van der Waals surface area contributed by atoms with Gasteiger partial charge in [0.25, 0.3) is 0 Å². The van der Waals surface area contributed by atoms with Gasteiger partial charge in [-0.3, -0.25) is 4.57 Å². The number of benzene rings is 1. The van der Waals surface area contributed by atoms with Crippen LogP contribution in [0, 0.1) is 17.1 Å². The summed E-state index contributed by atoms with van der Waals surface area (Å²) in [5.41, 5.74) is 3.80. The molecule has 0 saturated carbocycles. The first-order valence-corrected chi connectivity index (χ1v) is 11.6. The molecular formula is C26H18FN9O. The molecule has 11 heteroatoms. The maximum absolute atomic E-state index is 14.7. The number of hydrogen-bond donors (Lipinski definition) is 0. The van der Waals surface area contributed by atoms with Crippen LogP contribution in [0.2, 0.25) is 0 Å². The van der Waals surface area contributed by atoms with Crippen LogP contribution in [0.3, 0.4) is 0 Å². The number of rotatable bonds is 3. The summed E-state index contributed by atoms with van der Waals surface area (Å²) in [7, 11) is 1.90. The number of fused-ring (bicyclic) bond motifs is 3. The summed E-state index contributed by atoms with van der Waals surface area (Å²) >= 11 is 0. The second-order valence-electron chi connectivity index (χ2n) is 8.80. The molecule has 1 aliphatic rings. The fraction of sp³-hybridized carbons (Fsp3) is 0.154. The van der Waals surface area contributed by atoms with Crippen LogP contribution in [-0.2, 0) is 7.05 Å². The van der Waals surface area contributed by atoms with Gasteiger partial charge in [0.1, 0.15) is 5.52 Å². The number of nitrogens with zero attached hydrogens (tertiary/aromatic N) is 9. The van der Waals surface area contributed by atoms with Crippen molar-refractivity contribution in [2.24, 2.45) is 7.05 Å². The Morgan fingerprint density at radius 3 is 2.86 bits per heavy atom. The molecule has 0 saturated heterocycles. The number of para-hydroxylation sites is 1. The molecule has 6 heterocycles. The summed E-state index contributed by atoms with van der Waals surface area (Å²) in [5.74, 6) is 1.53. The van der Waals surface area contributed by atoms with E-state index in [9.17, 15) is 9.65 Å². The van der Waals surface area contributed by atoms with Crippen molar-refractivity contribution in [2.75, 3.05) is 6.61 Å². The smallest absolute Gasteiger partial charge is 0.179 e. The van der Waals surface area contributed by atoms with Crippen molar-refractivity contribution in [3.8, 4) is 34.9 Å². The second-order valence-corrected chi connectivity index (χ2v) is 8.80. The molecule has 180 valence electrons. The lowest BCUT2D eigenvalue weighted by molar-refractivity contribution is 0.245. The third-order valence-corrected chi connectivity index (χ3v) is 6.65. The Bertz CT molecular complexity index is 1880. The maximum atomic E-state index is 14.7. The number of aromatic nitrogens is 8. The third kappa shape index (κ3) is 3.19. The molecule has 5 aromatic heterocycles. The van der Waals surface area contributed by atoms with Crippen LogP contribution in [0.4, 0.5) is 4.39 Å². The lowest BCUT2D eigenvalue weighted by Crippen LogP contribution is -2.22. The van der Waals surface area contributed by atoms with E-state index < -0.39 is 5.82 Å². The Kier molecular flexibility index (Phi) is 4.56. The highest BCUT2D eigenvalue weighted by atomic mass is 19.1. The van der Waals surface area contributed by atoms with E-state index in [1.807, 2.05) is 28.4 Å². The minimum Gasteiger partial charge on any atom is -0.490 e. The first-order chi connectivity index (χ1) is 18.1. The van der Waals surface area contributed by atoms with Gasteiger partial charge in [-0.05, 0) is 18.2 Å². The molecule has 0 amide bonds. The Labute approximate surface area is 209 Å². The van der Waals surface area contributed by atoms with E-state index in [0.29, 0.717) is 58.3 Å². The summed E-state index contributed by atoms with van der Waals surface area (Å²) < 4.78 is 25.9. The Morgan fingerprint density at radius 1 is 1.11 bits per heavy atom. The monoisotopic (exact) mass is 491 g/mol. The zero-order valence-electron chi connectivity index (χ0n) is 19.6. The van der Waals surface area contributed by atoms with Gasteiger partial charge in [0.2, 0.25) is 0 Å². The molecular weight excluding hydrogens is 473 g/mol. The van der Waals surface area contributed by atoms with Crippen molar-refractivity contribution in [3.05, 3.63) is 78.3 Å². The fourth-order valence-corrected chi connectivity index (χ4v) is 4.91. The molecule has 1 aromatic carbocycles. The van der Waals surface area contributed by atoms with E-state index in [0.717, 1.165) is 5.56 Å². The van der Waals surface area contributed by atoms with Crippen LogP contribution in [0.5, 0.6) is 5.75 Å². The molecule has 0 N–H and O–H groups in total. The SMILES string of the molecule is Cn1ccnc1-c1nc2cnc(-c3cnn4ccc(C#N)cc34)nc2n1C1CCOc2c(F)cccc21. The summed E-state index contributed by atoms with van der Waals surface area (Å²) in [6.45, 7) is 0.348. The van der Waals surface area contributed by atoms with Crippen LogP contribution in [0.25, 0.3) is 39.7 Å². The number of hydrogen-bond acceptors (Lipinski definition) is 7. The normalized spacial score (nSPS) is 15.0. The number of aryl methyl sites for hydroxylation is 1. The topological polar surface area (TPSA) is 112 Å². The van der Waals surface area contributed by atoms with Crippen LogP contribution in [-0.4, -0.2) is 45.3 Å². The van der Waals surface area contributed by atoms with E-state index in [2.05, 4.69) is 21.1 Å². The average molecular weight is 491 g/mol. The zero-order valence-corrected chi connectivity index (χ0v) is 19.6. The highest BCUT2D eigenvalue weighted by Crippen LogP contribution is 2.40. The zero-order chi connectivity index (χ0) is 25.1. The second kappa shape index (κ2) is 7.96. The first-order valence-electron chi connectivity index (χ1n) is 11.6. The lowest BCUT2D eigenvalue weighted by Gasteiger charge is -2.28. The summed E-state index contributed by atoms with van der Waals surface area (Å²) in [5, 5.41) is 13.8. The van der Waals surface area contributed by atoms with Crippen LogP contribution in [0.15, 0.2) is 61.3 Å². The van der Waals surface area contributed by atoms with Gasteiger partial charge in [-0.15, -0.1) is 0 Å². The molecule has 0 aliphatic carbocycles. The van der Waals surface area contributed by atoms with Crippen molar-refractivity contribution in [3.63, 3.8) is 0 Å². The highest BCUT2D eigenvalue weighted by Gasteiger charge is 2.31. The van der Waals surface area contributed by atoms with Gasteiger partial charge < -0.3 is 9.30 Å². The average Bonchev–Trinajstić information content (AvgIpc) is 3.64. The quantitative estimate of drug-likeness (QED) is 0.369. The molecule has 0 radical (unpaired) electrons. The molecule has 37 heavy (non-hydrogen) atoms. The molecule has 0 bridgehead atoms. The molecule has 0 spiro atoms. The highest BCUT2D eigenvalue weighted by molar-refractivity contribution is 5.82. The number of nitriles is 1. The number of imidazole rings is 2. The van der Waals surface area contributed by atoms with Gasteiger partial charge in [-0.2, -0.15) is 10.4 Å². The van der Waals surface area contributed by atoms with Crippen molar-refractivity contribution in [1.29, 1.82) is 5.26 Å². The van der Waals surface area contributed by atoms with E-state index in [1.165, 1.54) is 6.07 Å². The molecule has 1 atom stereocenters. The largest absolute Gasteiger partial charge is 0.490 e. The first kappa shape index (κ1) is 21.2. The number of halogens is 1. The van der Waals surface area contributed by atoms with E-state index >= 15 is 0 Å². The minimum atomic E-state index is -0.403. The molecule has 1 unspecified atom stereocenters. The van der Waals surface area contributed by atoms with Gasteiger partial charge in [-0.1, -0.05) is 12.1 Å². The Morgan fingerprint density at radius 2 is 2.03 bits per heavy atom. The predicted molar refractivity (Wildman–Crippen MR) is 131 cm³/mol. The molecule has 6 aromatic rings. The predicted octanol–water partition coefficient (Wildman–Crippen LogP) is 3.92. The number of pyridine rings is 1. The van der Waals surface area contributed by atoms with Gasteiger partial charge in [0.05, 0.1) is 47.8 Å². The summed E-state index contributed by atoms with van der Waals surface area (Å²) in [6.07, 6.45) is 9.23. The molecule has 1 aliphatic heterocycles. The van der Waals surface area contributed by atoms with Crippen molar-refractivity contribution in [2.45, 2.75) is 12.5 Å². The van der Waals surface area contributed by atoms with E-state index in [1.54, 1.807) is 47.5 Å². The van der Waals surface area contributed by atoms with E-state index in [-0.39, 0.29) is 11.8 Å². The lowest BCUT2D eigenvalue weighted by atomic mass is 9.99. The van der Waals surface area contributed by atoms with Crippen LogP contribution < -0.4 is 4.74 Å². The van der Waals surface area contributed by atoms with Crippen LogP contribution >= 0.6 is 0 Å². The molecule has 7 rings (SSSR count). The van der Waals surface area contributed by atoms with Crippen molar-refractivity contribution >= 4 is 16.7 Å². The molecule has 0 fully saturated rings. The van der Waals surface area contributed by atoms with Gasteiger partial charge in [-0.25, -0.2) is 28.8 Å². The summed E-state index contributed by atoms with van der Waals surface area (Å²) in [4.78, 5) is 18.9.